The first-order valence-electron chi connectivity index (χ1n) is 9.84. The molecule has 3 aliphatic rings. The Morgan fingerprint density at radius 3 is 2.54 bits per heavy atom. The highest BCUT2D eigenvalue weighted by Gasteiger charge is 2.42. The van der Waals surface area contributed by atoms with Crippen LogP contribution >= 0.6 is 11.6 Å². The van der Waals surface area contributed by atoms with Crippen LogP contribution in [0.1, 0.15) is 48.8 Å². The zero-order chi connectivity index (χ0) is 19.5. The summed E-state index contributed by atoms with van der Waals surface area (Å²) in [4.78, 5) is 2.21. The minimum absolute atomic E-state index is 0.138. The third kappa shape index (κ3) is 3.16. The van der Waals surface area contributed by atoms with E-state index in [2.05, 4.69) is 26.7 Å². The monoisotopic (exact) mass is 421 g/mol. The molecule has 1 saturated carbocycles. The number of rotatable bonds is 3. The van der Waals surface area contributed by atoms with E-state index in [0.717, 1.165) is 60.2 Å². The van der Waals surface area contributed by atoms with Crippen LogP contribution in [0.4, 0.5) is 0 Å². The summed E-state index contributed by atoms with van der Waals surface area (Å²) in [5.74, 6) is 2.07. The molecule has 3 heterocycles. The Labute approximate surface area is 170 Å². The molecule has 2 aromatic rings. The van der Waals surface area contributed by atoms with Crippen molar-refractivity contribution in [2.75, 3.05) is 20.1 Å². The van der Waals surface area contributed by atoms with Crippen LogP contribution in [-0.4, -0.2) is 57.8 Å². The molecule has 2 aliphatic heterocycles. The summed E-state index contributed by atoms with van der Waals surface area (Å²) in [6.07, 6.45) is 3.19. The van der Waals surface area contributed by atoms with E-state index in [1.165, 1.54) is 0 Å². The SMILES string of the molecule is CN1Cc2cc(Cl)ccc2-n2c(nnc2C2CCN(S(=O)(=O)C3CC3)CC2)C1. The Morgan fingerprint density at radius 2 is 1.82 bits per heavy atom. The molecule has 2 fully saturated rings. The topological polar surface area (TPSA) is 71.3 Å². The number of benzene rings is 1. The lowest BCUT2D eigenvalue weighted by atomic mass is 9.97. The molecule has 1 aliphatic carbocycles. The number of piperidine rings is 1. The van der Waals surface area contributed by atoms with Crippen molar-refractivity contribution in [2.24, 2.45) is 0 Å². The van der Waals surface area contributed by atoms with Crippen LogP contribution in [0.3, 0.4) is 0 Å². The fraction of sp³-hybridized carbons (Fsp3) is 0.579. The Bertz CT molecular complexity index is 1010. The Balaban J connectivity index is 1.45. The van der Waals surface area contributed by atoms with Crippen molar-refractivity contribution < 1.29 is 8.42 Å². The van der Waals surface area contributed by atoms with Gasteiger partial charge in [-0.1, -0.05) is 11.6 Å². The van der Waals surface area contributed by atoms with E-state index in [1.807, 2.05) is 18.2 Å². The number of hydrogen-bond donors (Lipinski definition) is 0. The summed E-state index contributed by atoms with van der Waals surface area (Å²) >= 11 is 6.24. The number of halogens is 1. The average Bonchev–Trinajstić information content (AvgIpc) is 3.46. The number of aromatic nitrogens is 3. The molecule has 28 heavy (non-hydrogen) atoms. The molecule has 150 valence electrons. The third-order valence-electron chi connectivity index (χ3n) is 6.01. The van der Waals surface area contributed by atoms with Crippen LogP contribution in [0, 0.1) is 0 Å². The van der Waals surface area contributed by atoms with Crippen LogP contribution in [0.5, 0.6) is 0 Å². The lowest BCUT2D eigenvalue weighted by molar-refractivity contribution is 0.309. The molecule has 0 atom stereocenters. The van der Waals surface area contributed by atoms with Gasteiger partial charge in [0.1, 0.15) is 5.82 Å². The Hall–Kier alpha value is -1.48. The van der Waals surface area contributed by atoms with E-state index in [0.29, 0.717) is 19.6 Å². The van der Waals surface area contributed by atoms with Crippen molar-refractivity contribution in [1.82, 2.24) is 24.0 Å². The van der Waals surface area contributed by atoms with E-state index >= 15 is 0 Å². The molecule has 1 aromatic heterocycles. The lowest BCUT2D eigenvalue weighted by Crippen LogP contribution is -2.40. The van der Waals surface area contributed by atoms with Crippen LogP contribution in [-0.2, 0) is 23.1 Å². The zero-order valence-corrected chi connectivity index (χ0v) is 17.5. The Morgan fingerprint density at radius 1 is 1.07 bits per heavy atom. The van der Waals surface area contributed by atoms with Gasteiger partial charge >= 0.3 is 0 Å². The maximum absolute atomic E-state index is 12.5. The number of nitrogens with zero attached hydrogens (tertiary/aromatic N) is 5. The van der Waals surface area contributed by atoms with Crippen molar-refractivity contribution in [3.63, 3.8) is 0 Å². The molecule has 1 aromatic carbocycles. The van der Waals surface area contributed by atoms with E-state index in [9.17, 15) is 8.42 Å². The number of hydrogen-bond acceptors (Lipinski definition) is 5. The third-order valence-corrected chi connectivity index (χ3v) is 8.65. The second-order valence-electron chi connectivity index (χ2n) is 8.17. The van der Waals surface area contributed by atoms with Gasteiger partial charge in [0.15, 0.2) is 5.82 Å². The molecular formula is C19H24ClN5O2S. The molecule has 0 unspecified atom stereocenters. The lowest BCUT2D eigenvalue weighted by Gasteiger charge is -2.31. The molecule has 9 heteroatoms. The highest BCUT2D eigenvalue weighted by atomic mass is 35.5. The first-order chi connectivity index (χ1) is 13.4. The molecule has 7 nitrogen and oxygen atoms in total. The van der Waals surface area contributed by atoms with Crippen LogP contribution in [0.25, 0.3) is 5.69 Å². The largest absolute Gasteiger partial charge is 0.295 e. The molecule has 0 spiro atoms. The van der Waals surface area contributed by atoms with Gasteiger partial charge < -0.3 is 0 Å². The van der Waals surface area contributed by atoms with Crippen molar-refractivity contribution in [1.29, 1.82) is 0 Å². The first-order valence-corrected chi connectivity index (χ1v) is 11.7. The second kappa shape index (κ2) is 6.79. The molecule has 0 amide bonds. The van der Waals surface area contributed by atoms with Gasteiger partial charge in [0, 0.05) is 30.6 Å². The summed E-state index contributed by atoms with van der Waals surface area (Å²) < 4.78 is 28.9. The summed E-state index contributed by atoms with van der Waals surface area (Å²) in [6.45, 7) is 2.66. The highest BCUT2D eigenvalue weighted by Crippen LogP contribution is 2.36. The van der Waals surface area contributed by atoms with Crippen molar-refractivity contribution in [3.8, 4) is 5.69 Å². The predicted molar refractivity (Wildman–Crippen MR) is 107 cm³/mol. The van der Waals surface area contributed by atoms with Crippen LogP contribution < -0.4 is 0 Å². The van der Waals surface area contributed by atoms with Gasteiger partial charge in [-0.15, -0.1) is 10.2 Å². The van der Waals surface area contributed by atoms with E-state index in [4.69, 9.17) is 11.6 Å². The maximum atomic E-state index is 12.5. The zero-order valence-electron chi connectivity index (χ0n) is 15.9. The van der Waals surface area contributed by atoms with Gasteiger partial charge in [-0.25, -0.2) is 12.7 Å². The molecule has 0 radical (unpaired) electrons. The van der Waals surface area contributed by atoms with Gasteiger partial charge in [0.05, 0.1) is 17.5 Å². The molecule has 5 rings (SSSR count). The van der Waals surface area contributed by atoms with Crippen LogP contribution in [0.15, 0.2) is 18.2 Å². The van der Waals surface area contributed by atoms with Gasteiger partial charge in [-0.3, -0.25) is 9.47 Å². The van der Waals surface area contributed by atoms with Crippen molar-refractivity contribution >= 4 is 21.6 Å². The fourth-order valence-corrected chi connectivity index (χ4v) is 6.46. The Kier molecular flexibility index (Phi) is 4.50. The normalized spacial score (nSPS) is 21.9. The summed E-state index contributed by atoms with van der Waals surface area (Å²) in [5.41, 5.74) is 2.24. The fourth-order valence-electron chi connectivity index (χ4n) is 4.39. The minimum atomic E-state index is -3.10. The maximum Gasteiger partial charge on any atom is 0.216 e. The van der Waals surface area contributed by atoms with Crippen LogP contribution in [0.2, 0.25) is 5.02 Å². The highest BCUT2D eigenvalue weighted by molar-refractivity contribution is 7.90. The molecule has 1 saturated heterocycles. The van der Waals surface area contributed by atoms with Crippen molar-refractivity contribution in [2.45, 2.75) is 49.9 Å². The predicted octanol–water partition coefficient (Wildman–Crippen LogP) is 2.54. The van der Waals surface area contributed by atoms with E-state index in [-0.39, 0.29) is 11.2 Å². The molecule has 0 bridgehead atoms. The number of sulfonamides is 1. The van der Waals surface area contributed by atoms with Gasteiger partial charge in [-0.05, 0) is 56.5 Å². The standard InChI is InChI=1S/C19H24ClN5O2S/c1-23-11-14-10-15(20)2-5-17(14)25-18(12-23)21-22-19(25)13-6-8-24(9-7-13)28(26,27)16-3-4-16/h2,5,10,13,16H,3-4,6-9,11-12H2,1H3. The summed E-state index contributed by atoms with van der Waals surface area (Å²) in [7, 11) is -1.03. The van der Waals surface area contributed by atoms with Crippen molar-refractivity contribution in [3.05, 3.63) is 40.4 Å². The smallest absolute Gasteiger partial charge is 0.216 e. The van der Waals surface area contributed by atoms with E-state index in [1.54, 1.807) is 4.31 Å². The quantitative estimate of drug-likeness (QED) is 0.761. The second-order valence-corrected chi connectivity index (χ2v) is 10.8. The summed E-state index contributed by atoms with van der Waals surface area (Å²) in [5, 5.41) is 9.60. The van der Waals surface area contributed by atoms with Gasteiger partial charge in [0.2, 0.25) is 10.0 Å². The average molecular weight is 422 g/mol. The molecule has 0 N–H and O–H groups in total. The molecular weight excluding hydrogens is 398 g/mol. The van der Waals surface area contributed by atoms with E-state index < -0.39 is 10.0 Å². The van der Waals surface area contributed by atoms with Gasteiger partial charge in [0.25, 0.3) is 0 Å². The number of fused-ring (bicyclic) bond motifs is 3. The minimum Gasteiger partial charge on any atom is -0.295 e. The van der Waals surface area contributed by atoms with Gasteiger partial charge in [-0.2, -0.15) is 0 Å². The first kappa shape index (κ1) is 18.5. The summed E-state index contributed by atoms with van der Waals surface area (Å²) in [6, 6.07) is 5.96.